The van der Waals surface area contributed by atoms with Crippen molar-refractivity contribution in [1.82, 2.24) is 0 Å². The van der Waals surface area contributed by atoms with Gasteiger partial charge in [-0.3, -0.25) is 9.59 Å². The minimum absolute atomic E-state index is 0.0895. The van der Waals surface area contributed by atoms with Crippen molar-refractivity contribution in [3.05, 3.63) is 35.1 Å². The van der Waals surface area contributed by atoms with E-state index in [0.717, 1.165) is 56.5 Å². The van der Waals surface area contributed by atoms with Gasteiger partial charge in [0.05, 0.1) is 6.61 Å². The zero-order chi connectivity index (χ0) is 22.9. The van der Waals surface area contributed by atoms with Crippen molar-refractivity contribution in [2.45, 2.75) is 85.0 Å². The van der Waals surface area contributed by atoms with E-state index in [9.17, 15) is 9.59 Å². The van der Waals surface area contributed by atoms with Crippen LogP contribution >= 0.6 is 0 Å². The number of allylic oxidation sites excluding steroid dienone is 2. The number of benzene rings is 1. The van der Waals surface area contributed by atoms with E-state index in [2.05, 4.69) is 26.0 Å². The number of ether oxygens (including phenoxy) is 3. The second kappa shape index (κ2) is 9.29. The molecule has 1 aromatic carbocycles. The standard InChI is InChI=1S/C27H36O5/c1-5-7-14-30-19-15-18-8-9-20-21(26(18)23(16-19)32-25(29)6-2)12-13-27(4)22(20)10-11-24(27)31-17(3)28/h11,15-16,20-22H,5-10,12-14H2,1-4H3/t20-,21+,22+,27+/m1/s1. The quantitative estimate of drug-likeness (QED) is 0.291. The largest absolute Gasteiger partial charge is 0.493 e. The van der Waals surface area contributed by atoms with E-state index in [1.165, 1.54) is 18.1 Å². The molecule has 3 aliphatic rings. The van der Waals surface area contributed by atoms with Gasteiger partial charge in [0, 0.05) is 30.4 Å². The van der Waals surface area contributed by atoms with Crippen molar-refractivity contribution in [2.75, 3.05) is 6.61 Å². The van der Waals surface area contributed by atoms with E-state index >= 15 is 0 Å². The predicted octanol–water partition coefficient (Wildman–Crippen LogP) is 6.09. The lowest BCUT2D eigenvalue weighted by Crippen LogP contribution is -2.42. The maximum Gasteiger partial charge on any atom is 0.310 e. The molecule has 5 heteroatoms. The van der Waals surface area contributed by atoms with Crippen LogP contribution in [0.2, 0.25) is 0 Å². The Bertz CT molecular complexity index is 917. The van der Waals surface area contributed by atoms with E-state index in [1.807, 2.05) is 13.0 Å². The summed E-state index contributed by atoms with van der Waals surface area (Å²) in [5, 5.41) is 0. The molecule has 0 aliphatic heterocycles. The highest BCUT2D eigenvalue weighted by Crippen LogP contribution is 2.62. The van der Waals surface area contributed by atoms with Crippen LogP contribution in [0.4, 0.5) is 0 Å². The number of rotatable bonds is 7. The third-order valence-electron chi connectivity index (χ3n) is 7.80. The summed E-state index contributed by atoms with van der Waals surface area (Å²) in [5.41, 5.74) is 2.37. The highest BCUT2D eigenvalue weighted by Gasteiger charge is 2.53. The molecule has 0 amide bonds. The Balaban J connectivity index is 1.65. The van der Waals surface area contributed by atoms with Crippen LogP contribution in [0.25, 0.3) is 0 Å². The van der Waals surface area contributed by atoms with Crippen LogP contribution in [0.3, 0.4) is 0 Å². The molecule has 5 nitrogen and oxygen atoms in total. The molecule has 0 spiro atoms. The fourth-order valence-corrected chi connectivity index (χ4v) is 6.19. The monoisotopic (exact) mass is 440 g/mol. The van der Waals surface area contributed by atoms with E-state index < -0.39 is 0 Å². The van der Waals surface area contributed by atoms with Crippen LogP contribution in [-0.4, -0.2) is 18.5 Å². The van der Waals surface area contributed by atoms with Crippen molar-refractivity contribution in [2.24, 2.45) is 17.3 Å². The average molecular weight is 441 g/mol. The first-order chi connectivity index (χ1) is 15.4. The molecule has 0 bridgehead atoms. The first-order valence-corrected chi connectivity index (χ1v) is 12.3. The average Bonchev–Trinajstić information content (AvgIpc) is 3.09. The van der Waals surface area contributed by atoms with E-state index in [0.29, 0.717) is 36.5 Å². The molecule has 0 radical (unpaired) electrons. The van der Waals surface area contributed by atoms with Crippen molar-refractivity contribution in [3.8, 4) is 11.5 Å². The summed E-state index contributed by atoms with van der Waals surface area (Å²) >= 11 is 0. The molecule has 32 heavy (non-hydrogen) atoms. The van der Waals surface area contributed by atoms with E-state index in [4.69, 9.17) is 14.2 Å². The van der Waals surface area contributed by atoms with Gasteiger partial charge in [0.25, 0.3) is 0 Å². The molecule has 3 aliphatic carbocycles. The summed E-state index contributed by atoms with van der Waals surface area (Å²) in [6.07, 6.45) is 9.51. The van der Waals surface area contributed by atoms with Crippen molar-refractivity contribution in [3.63, 3.8) is 0 Å². The molecule has 1 aromatic rings. The molecule has 0 aromatic heterocycles. The molecule has 0 unspecified atom stereocenters. The molecule has 4 atom stereocenters. The lowest BCUT2D eigenvalue weighted by Gasteiger charge is -2.49. The Kier molecular flexibility index (Phi) is 6.64. The number of carbonyl (C=O) groups excluding carboxylic acids is 2. The molecule has 174 valence electrons. The third-order valence-corrected chi connectivity index (χ3v) is 7.80. The Morgan fingerprint density at radius 3 is 2.69 bits per heavy atom. The van der Waals surface area contributed by atoms with Crippen LogP contribution in [0.15, 0.2) is 24.0 Å². The van der Waals surface area contributed by atoms with Gasteiger partial charge < -0.3 is 14.2 Å². The lowest BCUT2D eigenvalue weighted by atomic mass is 9.55. The number of hydrogen-bond donors (Lipinski definition) is 0. The Morgan fingerprint density at radius 2 is 1.97 bits per heavy atom. The first-order valence-electron chi connectivity index (χ1n) is 12.3. The highest BCUT2D eigenvalue weighted by atomic mass is 16.5. The predicted molar refractivity (Wildman–Crippen MR) is 123 cm³/mol. The van der Waals surface area contributed by atoms with Crippen molar-refractivity contribution in [1.29, 1.82) is 0 Å². The minimum Gasteiger partial charge on any atom is -0.493 e. The van der Waals surface area contributed by atoms with Gasteiger partial charge in [0.2, 0.25) is 0 Å². The van der Waals surface area contributed by atoms with Gasteiger partial charge in [-0.05, 0) is 74.0 Å². The molecule has 1 fully saturated rings. The Hall–Kier alpha value is -2.30. The maximum atomic E-state index is 12.3. The first kappa shape index (κ1) is 22.9. The molecular formula is C27H36O5. The van der Waals surface area contributed by atoms with Gasteiger partial charge >= 0.3 is 11.9 Å². The summed E-state index contributed by atoms with van der Waals surface area (Å²) in [7, 11) is 0. The number of esters is 2. The maximum absolute atomic E-state index is 12.3. The van der Waals surface area contributed by atoms with Gasteiger partial charge in [0.15, 0.2) is 0 Å². The topological polar surface area (TPSA) is 61.8 Å². The third kappa shape index (κ3) is 4.18. The number of unbranched alkanes of at least 4 members (excludes halogenated alkanes) is 1. The Morgan fingerprint density at radius 1 is 1.16 bits per heavy atom. The van der Waals surface area contributed by atoms with Crippen LogP contribution in [0.5, 0.6) is 11.5 Å². The minimum atomic E-state index is -0.237. The molecule has 0 N–H and O–H groups in total. The number of fused-ring (bicyclic) bond motifs is 5. The molecule has 1 saturated carbocycles. The summed E-state index contributed by atoms with van der Waals surface area (Å²) in [6.45, 7) is 8.38. The molecule has 0 heterocycles. The summed E-state index contributed by atoms with van der Waals surface area (Å²) in [5.74, 6) is 3.18. The smallest absolute Gasteiger partial charge is 0.310 e. The van der Waals surface area contributed by atoms with Crippen LogP contribution in [-0.2, 0) is 20.7 Å². The van der Waals surface area contributed by atoms with Crippen molar-refractivity contribution < 1.29 is 23.8 Å². The van der Waals surface area contributed by atoms with Crippen LogP contribution in [0.1, 0.15) is 89.7 Å². The van der Waals surface area contributed by atoms with Crippen LogP contribution < -0.4 is 9.47 Å². The molecule has 0 saturated heterocycles. The van der Waals surface area contributed by atoms with Gasteiger partial charge in [-0.2, -0.15) is 0 Å². The molecule has 4 rings (SSSR count). The fraction of sp³-hybridized carbons (Fsp3) is 0.630. The van der Waals surface area contributed by atoms with E-state index in [-0.39, 0.29) is 17.4 Å². The van der Waals surface area contributed by atoms with Gasteiger partial charge in [0.1, 0.15) is 17.3 Å². The second-order valence-electron chi connectivity index (χ2n) is 9.79. The van der Waals surface area contributed by atoms with Crippen molar-refractivity contribution >= 4 is 11.9 Å². The normalized spacial score (nSPS) is 28.1. The SMILES string of the molecule is CCCCOc1cc2c(c(OC(=O)CC)c1)[C@H]1CC[C@]3(C)C(OC(C)=O)=CC[C@H]3[C@@H]1CC2. The number of aryl methyl sites for hydroxylation is 1. The van der Waals surface area contributed by atoms with Gasteiger partial charge in [-0.15, -0.1) is 0 Å². The highest BCUT2D eigenvalue weighted by molar-refractivity contribution is 5.73. The summed E-state index contributed by atoms with van der Waals surface area (Å²) < 4.78 is 17.5. The molecular weight excluding hydrogens is 404 g/mol. The zero-order valence-electron chi connectivity index (χ0n) is 19.9. The van der Waals surface area contributed by atoms with Crippen LogP contribution in [0, 0.1) is 17.3 Å². The van der Waals surface area contributed by atoms with Gasteiger partial charge in [-0.25, -0.2) is 0 Å². The zero-order valence-corrected chi connectivity index (χ0v) is 19.9. The summed E-state index contributed by atoms with van der Waals surface area (Å²) in [6, 6.07) is 4.09. The second-order valence-corrected chi connectivity index (χ2v) is 9.79. The Labute approximate surface area is 191 Å². The van der Waals surface area contributed by atoms with Gasteiger partial charge in [-0.1, -0.05) is 27.2 Å². The number of hydrogen-bond acceptors (Lipinski definition) is 5. The summed E-state index contributed by atoms with van der Waals surface area (Å²) in [4.78, 5) is 23.9. The van der Waals surface area contributed by atoms with E-state index in [1.54, 1.807) is 0 Å². The lowest BCUT2D eigenvalue weighted by molar-refractivity contribution is -0.139. The number of carbonyl (C=O) groups is 2. The fourth-order valence-electron chi connectivity index (χ4n) is 6.19.